The molecule has 1 rings (SSSR count). The van der Waals surface area contributed by atoms with Gasteiger partial charge in [-0.05, 0) is 12.1 Å². The van der Waals surface area contributed by atoms with Crippen molar-refractivity contribution in [2.24, 2.45) is 0 Å². The van der Waals surface area contributed by atoms with Gasteiger partial charge >= 0.3 is 0 Å². The normalized spacial score (nSPS) is 9.69. The van der Waals surface area contributed by atoms with Gasteiger partial charge in [0.1, 0.15) is 19.0 Å². The van der Waals surface area contributed by atoms with Crippen LogP contribution in [0.1, 0.15) is 10.4 Å². The van der Waals surface area contributed by atoms with Crippen LogP contribution in [0, 0.1) is 0 Å². The minimum absolute atomic E-state index is 0.0927. The second-order valence-corrected chi connectivity index (χ2v) is 2.72. The molecule has 0 aliphatic rings. The highest BCUT2D eigenvalue weighted by atomic mass is 35.5. The minimum atomic E-state index is -0.608. The molecule has 4 heteroatoms. The highest BCUT2D eigenvalue weighted by Crippen LogP contribution is 2.27. The number of benzene rings is 1. The van der Waals surface area contributed by atoms with Crippen LogP contribution < -0.4 is 4.74 Å². The van der Waals surface area contributed by atoms with Crippen LogP contribution in [0.15, 0.2) is 18.2 Å². The van der Waals surface area contributed by atoms with Gasteiger partial charge in [-0.25, -0.2) is 4.39 Å². The lowest BCUT2D eigenvalue weighted by molar-refractivity contribution is 0.111. The van der Waals surface area contributed by atoms with E-state index in [0.29, 0.717) is 16.9 Å². The molecule has 0 spiro atoms. The van der Waals surface area contributed by atoms with Crippen LogP contribution in [0.5, 0.6) is 5.75 Å². The Hall–Kier alpha value is -1.09. The maximum atomic E-state index is 11.8. The van der Waals surface area contributed by atoms with E-state index in [9.17, 15) is 9.18 Å². The molecule has 0 radical (unpaired) electrons. The number of hydrogen-bond donors (Lipinski definition) is 0. The smallest absolute Gasteiger partial charge is 0.153 e. The van der Waals surface area contributed by atoms with Crippen LogP contribution in [0.3, 0.4) is 0 Å². The molecule has 0 bridgehead atoms. The number of halogens is 2. The van der Waals surface area contributed by atoms with Crippen LogP contribution in [0.4, 0.5) is 4.39 Å². The van der Waals surface area contributed by atoms with Gasteiger partial charge in [0, 0.05) is 0 Å². The molecule has 0 N–H and O–H groups in total. The largest absolute Gasteiger partial charge is 0.489 e. The van der Waals surface area contributed by atoms with Gasteiger partial charge in [0.15, 0.2) is 6.29 Å². The molecule has 0 atom stereocenters. The van der Waals surface area contributed by atoms with Crippen LogP contribution in [-0.4, -0.2) is 19.6 Å². The van der Waals surface area contributed by atoms with E-state index in [1.165, 1.54) is 0 Å². The highest BCUT2D eigenvalue weighted by molar-refractivity contribution is 6.32. The average Bonchev–Trinajstić information content (AvgIpc) is 2.15. The fourth-order valence-corrected chi connectivity index (χ4v) is 1.15. The number of para-hydroxylation sites is 1. The van der Waals surface area contributed by atoms with Gasteiger partial charge < -0.3 is 4.74 Å². The highest BCUT2D eigenvalue weighted by Gasteiger charge is 2.06. The van der Waals surface area contributed by atoms with Crippen molar-refractivity contribution < 1.29 is 13.9 Å². The van der Waals surface area contributed by atoms with E-state index in [1.54, 1.807) is 18.2 Å². The number of rotatable bonds is 4. The lowest BCUT2D eigenvalue weighted by atomic mass is 10.2. The molecule has 1 aromatic carbocycles. The first-order valence-electron chi connectivity index (χ1n) is 3.72. The van der Waals surface area contributed by atoms with E-state index >= 15 is 0 Å². The van der Waals surface area contributed by atoms with Gasteiger partial charge in [-0.2, -0.15) is 0 Å². The maximum Gasteiger partial charge on any atom is 0.153 e. The van der Waals surface area contributed by atoms with E-state index in [1.807, 2.05) is 0 Å². The Kier molecular flexibility index (Phi) is 3.71. The molecule has 0 saturated heterocycles. The molecule has 0 heterocycles. The van der Waals surface area contributed by atoms with Gasteiger partial charge in [-0.15, -0.1) is 0 Å². The first-order valence-corrected chi connectivity index (χ1v) is 4.10. The van der Waals surface area contributed by atoms with Gasteiger partial charge in [0.05, 0.1) is 10.6 Å². The number of carbonyl (C=O) groups is 1. The summed E-state index contributed by atoms with van der Waals surface area (Å²) in [5, 5.41) is 0.318. The summed E-state index contributed by atoms with van der Waals surface area (Å²) in [6, 6.07) is 4.78. The van der Waals surface area contributed by atoms with Crippen molar-refractivity contribution in [3.8, 4) is 5.75 Å². The van der Waals surface area contributed by atoms with E-state index < -0.39 is 6.67 Å². The van der Waals surface area contributed by atoms with Crippen LogP contribution in [0.2, 0.25) is 5.02 Å². The topological polar surface area (TPSA) is 26.3 Å². The van der Waals surface area contributed by atoms with Crippen molar-refractivity contribution in [2.75, 3.05) is 13.3 Å². The van der Waals surface area contributed by atoms with Gasteiger partial charge in [0.2, 0.25) is 0 Å². The lowest BCUT2D eigenvalue weighted by Gasteiger charge is -2.07. The average molecular weight is 203 g/mol. The van der Waals surface area contributed by atoms with Gasteiger partial charge in [0.25, 0.3) is 0 Å². The third-order valence-electron chi connectivity index (χ3n) is 1.45. The molecule has 0 amide bonds. The number of ether oxygens (including phenoxy) is 1. The number of hydrogen-bond acceptors (Lipinski definition) is 2. The Morgan fingerprint density at radius 1 is 1.54 bits per heavy atom. The van der Waals surface area contributed by atoms with Crippen molar-refractivity contribution >= 4 is 17.9 Å². The summed E-state index contributed by atoms with van der Waals surface area (Å²) in [6.07, 6.45) is 0.624. The zero-order valence-electron chi connectivity index (χ0n) is 6.80. The molecular formula is C9H8ClFO2. The molecule has 0 unspecified atom stereocenters. The molecule has 0 aliphatic heterocycles. The Bertz CT molecular complexity index is 302. The fraction of sp³-hybridized carbons (Fsp3) is 0.222. The summed E-state index contributed by atoms with van der Waals surface area (Å²) in [6.45, 7) is -0.700. The summed E-state index contributed by atoms with van der Waals surface area (Å²) in [7, 11) is 0. The Morgan fingerprint density at radius 2 is 2.31 bits per heavy atom. The van der Waals surface area contributed by atoms with Crippen molar-refractivity contribution in [1.29, 1.82) is 0 Å². The second kappa shape index (κ2) is 4.82. The Balaban J connectivity index is 2.93. The monoisotopic (exact) mass is 202 g/mol. The standard InChI is InChI=1S/C9H8ClFO2/c10-8-3-1-2-7(6-12)9(8)13-5-4-11/h1-3,6H,4-5H2. The summed E-state index contributed by atoms with van der Waals surface area (Å²) >= 11 is 5.74. The zero-order chi connectivity index (χ0) is 9.68. The van der Waals surface area contributed by atoms with Crippen molar-refractivity contribution in [1.82, 2.24) is 0 Å². The van der Waals surface area contributed by atoms with E-state index in [2.05, 4.69) is 0 Å². The quantitative estimate of drug-likeness (QED) is 0.702. The SMILES string of the molecule is O=Cc1cccc(Cl)c1OCCF. The van der Waals surface area contributed by atoms with E-state index in [-0.39, 0.29) is 12.4 Å². The number of carbonyl (C=O) groups excluding carboxylic acids is 1. The molecule has 0 fully saturated rings. The van der Waals surface area contributed by atoms with Crippen LogP contribution >= 0.6 is 11.6 Å². The lowest BCUT2D eigenvalue weighted by Crippen LogP contribution is -2.01. The van der Waals surface area contributed by atoms with Crippen molar-refractivity contribution in [3.05, 3.63) is 28.8 Å². The predicted molar refractivity (Wildman–Crippen MR) is 48.3 cm³/mol. The minimum Gasteiger partial charge on any atom is -0.489 e. The molecule has 2 nitrogen and oxygen atoms in total. The van der Waals surface area contributed by atoms with E-state index in [0.717, 1.165) is 0 Å². The predicted octanol–water partition coefficient (Wildman–Crippen LogP) is 2.50. The Morgan fingerprint density at radius 3 is 2.92 bits per heavy atom. The van der Waals surface area contributed by atoms with E-state index in [4.69, 9.17) is 16.3 Å². The molecule has 0 aromatic heterocycles. The number of alkyl halides is 1. The van der Waals surface area contributed by atoms with Crippen LogP contribution in [0.25, 0.3) is 0 Å². The van der Waals surface area contributed by atoms with Crippen LogP contribution in [-0.2, 0) is 0 Å². The van der Waals surface area contributed by atoms with Gasteiger partial charge in [-0.1, -0.05) is 17.7 Å². The first kappa shape index (κ1) is 9.99. The Labute approximate surface area is 80.3 Å². The summed E-state index contributed by atoms with van der Waals surface area (Å²) in [5.41, 5.74) is 0.334. The van der Waals surface area contributed by atoms with Gasteiger partial charge in [-0.3, -0.25) is 4.79 Å². The molecule has 70 valence electrons. The molecule has 13 heavy (non-hydrogen) atoms. The fourth-order valence-electron chi connectivity index (χ4n) is 0.911. The van der Waals surface area contributed by atoms with Crippen molar-refractivity contribution in [3.63, 3.8) is 0 Å². The molecule has 0 aliphatic carbocycles. The summed E-state index contributed by atoms with van der Waals surface area (Å²) in [5.74, 6) is 0.247. The summed E-state index contributed by atoms with van der Waals surface area (Å²) < 4.78 is 16.8. The number of aldehydes is 1. The molecule has 1 aromatic rings. The van der Waals surface area contributed by atoms with Crippen molar-refractivity contribution in [2.45, 2.75) is 0 Å². The maximum absolute atomic E-state index is 11.8. The second-order valence-electron chi connectivity index (χ2n) is 2.31. The molecule has 0 saturated carbocycles. The third-order valence-corrected chi connectivity index (χ3v) is 1.75. The zero-order valence-corrected chi connectivity index (χ0v) is 7.55. The first-order chi connectivity index (χ1) is 6.29. The summed E-state index contributed by atoms with van der Waals surface area (Å²) in [4.78, 5) is 10.5. The molecular weight excluding hydrogens is 195 g/mol. The third kappa shape index (κ3) is 2.42.